The van der Waals surface area contributed by atoms with Crippen molar-refractivity contribution in [3.8, 4) is 0 Å². The normalized spacial score (nSPS) is 10.3. The Balaban J connectivity index is 2.41. The van der Waals surface area contributed by atoms with Crippen molar-refractivity contribution in [1.82, 2.24) is 4.98 Å². The maximum absolute atomic E-state index is 12.7. The first-order valence-corrected chi connectivity index (χ1v) is 7.42. The van der Waals surface area contributed by atoms with E-state index < -0.39 is 0 Å². The number of rotatable bonds is 3. The van der Waals surface area contributed by atoms with E-state index in [1.54, 1.807) is 31.3 Å². The summed E-state index contributed by atoms with van der Waals surface area (Å²) < 4.78 is 0.777. The molecule has 2 rings (SSSR count). The highest BCUT2D eigenvalue weighted by atomic mass is 79.9. The van der Waals surface area contributed by atoms with Gasteiger partial charge in [-0.3, -0.25) is 4.79 Å². The zero-order chi connectivity index (χ0) is 15.6. The second-order valence-electron chi connectivity index (χ2n) is 4.95. The van der Waals surface area contributed by atoms with Gasteiger partial charge in [0.15, 0.2) is 0 Å². The Kier molecular flexibility index (Phi) is 4.63. The van der Waals surface area contributed by atoms with Gasteiger partial charge in [-0.05, 0) is 47.5 Å². The highest BCUT2D eigenvalue weighted by Crippen LogP contribution is 2.25. The lowest BCUT2D eigenvalue weighted by Crippen LogP contribution is -2.28. The summed E-state index contributed by atoms with van der Waals surface area (Å²) in [5.74, 6) is 0.472. The molecule has 4 nitrogen and oxygen atoms in total. The van der Waals surface area contributed by atoms with E-state index in [2.05, 4.69) is 32.3 Å². The van der Waals surface area contributed by atoms with Crippen LogP contribution in [0.2, 0.25) is 0 Å². The van der Waals surface area contributed by atoms with E-state index in [-0.39, 0.29) is 5.91 Å². The van der Waals surface area contributed by atoms with Gasteiger partial charge in [0.2, 0.25) is 0 Å². The number of nitrogens with zero attached hydrogens (tertiary/aromatic N) is 2. The zero-order valence-corrected chi connectivity index (χ0v) is 14.2. The van der Waals surface area contributed by atoms with Crippen LogP contribution < -0.4 is 10.2 Å². The summed E-state index contributed by atoms with van der Waals surface area (Å²) in [5.41, 5.74) is 3.68. The van der Waals surface area contributed by atoms with E-state index in [1.807, 2.05) is 26.0 Å². The molecule has 0 aliphatic rings. The van der Waals surface area contributed by atoms with Gasteiger partial charge in [-0.15, -0.1) is 0 Å². The number of halogens is 1. The molecule has 0 atom stereocenters. The number of carbonyl (C=O) groups is 1. The molecule has 0 radical (unpaired) electrons. The molecular formula is C16H18BrN3O. The summed E-state index contributed by atoms with van der Waals surface area (Å²) in [6.07, 6.45) is 1.67. The molecular weight excluding hydrogens is 330 g/mol. The molecule has 1 aromatic heterocycles. The third-order valence-corrected chi connectivity index (χ3v) is 3.77. The molecule has 0 saturated carbocycles. The lowest BCUT2D eigenvalue weighted by atomic mass is 10.1. The number of aryl methyl sites for hydroxylation is 2. The molecule has 2 aromatic rings. The maximum Gasteiger partial charge on any atom is 0.261 e. The van der Waals surface area contributed by atoms with Crippen molar-refractivity contribution in [2.24, 2.45) is 0 Å². The highest BCUT2D eigenvalue weighted by molar-refractivity contribution is 9.10. The van der Waals surface area contributed by atoms with Gasteiger partial charge in [0.1, 0.15) is 5.82 Å². The van der Waals surface area contributed by atoms with Crippen molar-refractivity contribution in [2.45, 2.75) is 13.8 Å². The Labute approximate surface area is 133 Å². The molecule has 1 N–H and O–H groups in total. The summed E-state index contributed by atoms with van der Waals surface area (Å²) in [4.78, 5) is 18.6. The smallest absolute Gasteiger partial charge is 0.261 e. The zero-order valence-electron chi connectivity index (χ0n) is 12.6. The van der Waals surface area contributed by atoms with Crippen molar-refractivity contribution >= 4 is 33.3 Å². The molecule has 0 bridgehead atoms. The summed E-state index contributed by atoms with van der Waals surface area (Å²) in [6, 6.07) is 7.82. The third kappa shape index (κ3) is 3.24. The largest absolute Gasteiger partial charge is 0.372 e. The molecule has 1 amide bonds. The van der Waals surface area contributed by atoms with Gasteiger partial charge < -0.3 is 10.2 Å². The van der Waals surface area contributed by atoms with Crippen molar-refractivity contribution in [2.75, 3.05) is 24.3 Å². The van der Waals surface area contributed by atoms with Crippen LogP contribution in [0.5, 0.6) is 0 Å². The van der Waals surface area contributed by atoms with E-state index in [1.165, 1.54) is 5.56 Å². The van der Waals surface area contributed by atoms with Gasteiger partial charge in [-0.25, -0.2) is 4.98 Å². The Morgan fingerprint density at radius 1 is 1.29 bits per heavy atom. The molecule has 0 saturated heterocycles. The van der Waals surface area contributed by atoms with Gasteiger partial charge >= 0.3 is 0 Å². The van der Waals surface area contributed by atoms with Gasteiger partial charge in [-0.1, -0.05) is 17.7 Å². The SMILES string of the molecule is CNc1ncc(Br)cc1C(=O)N(C)c1ccc(C)cc1C. The first-order chi connectivity index (χ1) is 9.93. The fourth-order valence-electron chi connectivity index (χ4n) is 2.27. The molecule has 1 aromatic carbocycles. The number of aromatic nitrogens is 1. The van der Waals surface area contributed by atoms with Crippen LogP contribution in [0, 0.1) is 13.8 Å². The molecule has 0 spiro atoms. The first-order valence-electron chi connectivity index (χ1n) is 6.62. The standard InChI is InChI=1S/C16H18BrN3O/c1-10-5-6-14(11(2)7-10)20(4)16(21)13-8-12(17)9-19-15(13)18-3/h5-9H,1-4H3,(H,18,19). The Morgan fingerprint density at radius 2 is 2.00 bits per heavy atom. The van der Waals surface area contributed by atoms with Gasteiger partial charge in [-0.2, -0.15) is 0 Å². The van der Waals surface area contributed by atoms with Gasteiger partial charge in [0.25, 0.3) is 5.91 Å². The molecule has 21 heavy (non-hydrogen) atoms. The van der Waals surface area contributed by atoms with Gasteiger partial charge in [0, 0.05) is 30.5 Å². The van der Waals surface area contributed by atoms with Crippen molar-refractivity contribution in [1.29, 1.82) is 0 Å². The quantitative estimate of drug-likeness (QED) is 0.918. The Morgan fingerprint density at radius 3 is 2.62 bits per heavy atom. The minimum absolute atomic E-state index is 0.0971. The predicted octanol–water partition coefficient (Wildman–Crippen LogP) is 3.78. The van der Waals surface area contributed by atoms with E-state index in [0.717, 1.165) is 15.7 Å². The number of pyridine rings is 1. The van der Waals surface area contributed by atoms with Gasteiger partial charge in [0.05, 0.1) is 5.56 Å². The first kappa shape index (κ1) is 15.5. The number of benzene rings is 1. The topological polar surface area (TPSA) is 45.2 Å². The van der Waals surface area contributed by atoms with Crippen LogP contribution in [0.25, 0.3) is 0 Å². The van der Waals surface area contributed by atoms with Crippen molar-refractivity contribution < 1.29 is 4.79 Å². The van der Waals surface area contributed by atoms with Crippen LogP contribution in [0.15, 0.2) is 34.9 Å². The summed E-state index contributed by atoms with van der Waals surface area (Å²) in [7, 11) is 3.53. The lowest BCUT2D eigenvalue weighted by Gasteiger charge is -2.21. The van der Waals surface area contributed by atoms with Crippen molar-refractivity contribution in [3.05, 3.63) is 51.6 Å². The molecule has 0 unspecified atom stereocenters. The number of amides is 1. The van der Waals surface area contributed by atoms with E-state index in [0.29, 0.717) is 11.4 Å². The summed E-state index contributed by atoms with van der Waals surface area (Å²) >= 11 is 3.36. The monoisotopic (exact) mass is 347 g/mol. The van der Waals surface area contributed by atoms with E-state index >= 15 is 0 Å². The third-order valence-electron chi connectivity index (χ3n) is 3.34. The average molecular weight is 348 g/mol. The summed E-state index contributed by atoms with van der Waals surface area (Å²) in [5, 5.41) is 2.95. The van der Waals surface area contributed by atoms with E-state index in [4.69, 9.17) is 0 Å². The van der Waals surface area contributed by atoms with Crippen LogP contribution in [0.4, 0.5) is 11.5 Å². The lowest BCUT2D eigenvalue weighted by molar-refractivity contribution is 0.0993. The van der Waals surface area contributed by atoms with Crippen LogP contribution in [-0.4, -0.2) is 25.0 Å². The summed E-state index contributed by atoms with van der Waals surface area (Å²) in [6.45, 7) is 4.04. The molecule has 0 aliphatic carbocycles. The average Bonchev–Trinajstić information content (AvgIpc) is 2.45. The second-order valence-corrected chi connectivity index (χ2v) is 5.87. The van der Waals surface area contributed by atoms with Crippen LogP contribution in [-0.2, 0) is 0 Å². The molecule has 1 heterocycles. The second kappa shape index (κ2) is 6.26. The van der Waals surface area contributed by atoms with Crippen LogP contribution >= 0.6 is 15.9 Å². The number of hydrogen-bond acceptors (Lipinski definition) is 3. The Bertz CT molecular complexity index is 685. The minimum atomic E-state index is -0.0971. The molecule has 110 valence electrons. The Hall–Kier alpha value is -1.88. The number of nitrogens with one attached hydrogen (secondary N) is 1. The highest BCUT2D eigenvalue weighted by Gasteiger charge is 2.19. The molecule has 5 heteroatoms. The molecule has 0 fully saturated rings. The number of carbonyl (C=O) groups excluding carboxylic acids is 1. The van der Waals surface area contributed by atoms with Crippen LogP contribution in [0.3, 0.4) is 0 Å². The fourth-order valence-corrected chi connectivity index (χ4v) is 2.60. The van der Waals surface area contributed by atoms with E-state index in [9.17, 15) is 4.79 Å². The van der Waals surface area contributed by atoms with Crippen LogP contribution in [0.1, 0.15) is 21.5 Å². The number of hydrogen-bond donors (Lipinski definition) is 1. The minimum Gasteiger partial charge on any atom is -0.372 e. The number of anilines is 2. The maximum atomic E-state index is 12.7. The fraction of sp³-hybridized carbons (Fsp3) is 0.250. The predicted molar refractivity (Wildman–Crippen MR) is 90.1 cm³/mol. The van der Waals surface area contributed by atoms with Crippen molar-refractivity contribution in [3.63, 3.8) is 0 Å². The molecule has 0 aliphatic heterocycles.